The van der Waals surface area contributed by atoms with E-state index in [1.54, 1.807) is 12.1 Å². The van der Waals surface area contributed by atoms with E-state index in [9.17, 15) is 4.79 Å². The molecule has 1 aliphatic rings. The Morgan fingerprint density at radius 1 is 1.08 bits per heavy atom. The fraction of sp³-hybridized carbons (Fsp3) is 0.278. The van der Waals surface area contributed by atoms with Crippen molar-refractivity contribution in [2.45, 2.75) is 0 Å². The standard InChI is InChI=1S/C18H17BrCl2N2O2/c19-13-4-5-17(16(21)10-13)25-12-18(24)23-8-6-22(7-9-23)15-3-1-2-14(20)11-15/h1-5,10-11H,6-9,12H2. The van der Waals surface area contributed by atoms with E-state index in [1.807, 2.05) is 35.2 Å². The van der Waals surface area contributed by atoms with E-state index < -0.39 is 0 Å². The number of amides is 1. The predicted octanol–water partition coefficient (Wildman–Crippen LogP) is 4.48. The summed E-state index contributed by atoms with van der Waals surface area (Å²) in [5.41, 5.74) is 1.08. The van der Waals surface area contributed by atoms with Crippen LogP contribution in [-0.4, -0.2) is 43.6 Å². The number of carbonyl (C=O) groups is 1. The van der Waals surface area contributed by atoms with Crippen LogP contribution in [0.1, 0.15) is 0 Å². The average Bonchev–Trinajstić information content (AvgIpc) is 2.61. The Labute approximate surface area is 165 Å². The Bertz CT molecular complexity index is 764. The molecule has 0 radical (unpaired) electrons. The molecule has 1 heterocycles. The maximum atomic E-state index is 12.4. The summed E-state index contributed by atoms with van der Waals surface area (Å²) < 4.78 is 6.43. The molecule has 0 atom stereocenters. The second-order valence-electron chi connectivity index (χ2n) is 5.71. The number of ether oxygens (including phenoxy) is 1. The molecule has 2 aromatic rings. The summed E-state index contributed by atoms with van der Waals surface area (Å²) in [7, 11) is 0. The highest BCUT2D eigenvalue weighted by Crippen LogP contribution is 2.27. The molecule has 25 heavy (non-hydrogen) atoms. The highest BCUT2D eigenvalue weighted by Gasteiger charge is 2.22. The van der Waals surface area contributed by atoms with E-state index in [4.69, 9.17) is 27.9 Å². The van der Waals surface area contributed by atoms with Crippen LogP contribution in [-0.2, 0) is 4.79 Å². The number of carbonyl (C=O) groups excluding carboxylic acids is 1. The number of rotatable bonds is 4. The lowest BCUT2D eigenvalue weighted by Gasteiger charge is -2.36. The maximum Gasteiger partial charge on any atom is 0.260 e. The van der Waals surface area contributed by atoms with Crippen LogP contribution in [0, 0.1) is 0 Å². The highest BCUT2D eigenvalue weighted by atomic mass is 79.9. The zero-order valence-electron chi connectivity index (χ0n) is 13.4. The molecule has 7 heteroatoms. The number of nitrogens with zero attached hydrogens (tertiary/aromatic N) is 2. The molecule has 0 N–H and O–H groups in total. The molecule has 0 bridgehead atoms. The van der Waals surface area contributed by atoms with Crippen molar-refractivity contribution >= 4 is 50.7 Å². The van der Waals surface area contributed by atoms with Gasteiger partial charge in [0.2, 0.25) is 0 Å². The number of hydrogen-bond donors (Lipinski definition) is 0. The fourth-order valence-electron chi connectivity index (χ4n) is 2.71. The van der Waals surface area contributed by atoms with Crippen molar-refractivity contribution in [3.63, 3.8) is 0 Å². The SMILES string of the molecule is O=C(COc1ccc(Br)cc1Cl)N1CCN(c2cccc(Cl)c2)CC1. The quantitative estimate of drug-likeness (QED) is 0.698. The molecule has 0 spiro atoms. The molecule has 3 rings (SSSR count). The van der Waals surface area contributed by atoms with E-state index in [1.165, 1.54) is 0 Å². The van der Waals surface area contributed by atoms with Crippen LogP contribution in [0.15, 0.2) is 46.9 Å². The zero-order chi connectivity index (χ0) is 17.8. The van der Waals surface area contributed by atoms with Crippen molar-refractivity contribution in [2.24, 2.45) is 0 Å². The Kier molecular flexibility index (Phi) is 6.10. The first-order valence-electron chi connectivity index (χ1n) is 7.89. The van der Waals surface area contributed by atoms with Crippen LogP contribution in [0.3, 0.4) is 0 Å². The van der Waals surface area contributed by atoms with E-state index in [2.05, 4.69) is 20.8 Å². The summed E-state index contributed by atoms with van der Waals surface area (Å²) in [4.78, 5) is 16.4. The molecule has 4 nitrogen and oxygen atoms in total. The summed E-state index contributed by atoms with van der Waals surface area (Å²) in [6.07, 6.45) is 0. The molecule has 0 aromatic heterocycles. The average molecular weight is 444 g/mol. The van der Waals surface area contributed by atoms with Gasteiger partial charge in [-0.3, -0.25) is 4.79 Å². The molecular weight excluding hydrogens is 427 g/mol. The Balaban J connectivity index is 1.51. The fourth-order valence-corrected chi connectivity index (χ4v) is 3.62. The summed E-state index contributed by atoms with van der Waals surface area (Å²) in [6, 6.07) is 13.1. The van der Waals surface area contributed by atoms with Crippen LogP contribution in [0.4, 0.5) is 5.69 Å². The predicted molar refractivity (Wildman–Crippen MR) is 105 cm³/mol. The van der Waals surface area contributed by atoms with Gasteiger partial charge in [-0.1, -0.05) is 45.2 Å². The van der Waals surface area contributed by atoms with E-state index in [-0.39, 0.29) is 12.5 Å². The summed E-state index contributed by atoms with van der Waals surface area (Å²) in [5, 5.41) is 1.20. The lowest BCUT2D eigenvalue weighted by atomic mass is 10.2. The molecule has 0 unspecified atom stereocenters. The molecule has 132 valence electrons. The van der Waals surface area contributed by atoms with Gasteiger partial charge in [-0.2, -0.15) is 0 Å². The van der Waals surface area contributed by atoms with Crippen molar-refractivity contribution in [2.75, 3.05) is 37.7 Å². The monoisotopic (exact) mass is 442 g/mol. The number of halogens is 3. The lowest BCUT2D eigenvalue weighted by Crippen LogP contribution is -2.50. The first kappa shape index (κ1) is 18.4. The normalized spacial score (nSPS) is 14.5. The molecule has 1 amide bonds. The molecule has 2 aromatic carbocycles. The van der Waals surface area contributed by atoms with Gasteiger partial charge in [0.15, 0.2) is 6.61 Å². The van der Waals surface area contributed by atoms with Gasteiger partial charge in [-0.05, 0) is 36.4 Å². The molecule has 1 saturated heterocycles. The van der Waals surface area contributed by atoms with Crippen LogP contribution in [0.25, 0.3) is 0 Å². The van der Waals surface area contributed by atoms with Gasteiger partial charge in [0.1, 0.15) is 5.75 Å². The van der Waals surface area contributed by atoms with Gasteiger partial charge in [0.25, 0.3) is 5.91 Å². The van der Waals surface area contributed by atoms with Crippen molar-refractivity contribution in [1.82, 2.24) is 4.90 Å². The van der Waals surface area contributed by atoms with Crippen molar-refractivity contribution in [1.29, 1.82) is 0 Å². The van der Waals surface area contributed by atoms with Gasteiger partial charge in [-0.25, -0.2) is 0 Å². The Hall–Kier alpha value is -1.43. The second-order valence-corrected chi connectivity index (χ2v) is 7.47. The summed E-state index contributed by atoms with van der Waals surface area (Å²) >= 11 is 15.5. The van der Waals surface area contributed by atoms with Crippen molar-refractivity contribution < 1.29 is 9.53 Å². The van der Waals surface area contributed by atoms with Gasteiger partial charge >= 0.3 is 0 Å². The number of piperazine rings is 1. The largest absolute Gasteiger partial charge is 0.482 e. The minimum Gasteiger partial charge on any atom is -0.482 e. The summed E-state index contributed by atoms with van der Waals surface area (Å²) in [5.74, 6) is 0.473. The molecule has 0 aliphatic carbocycles. The van der Waals surface area contributed by atoms with Crippen LogP contribution < -0.4 is 9.64 Å². The van der Waals surface area contributed by atoms with Crippen molar-refractivity contribution in [3.05, 3.63) is 57.0 Å². The zero-order valence-corrected chi connectivity index (χ0v) is 16.5. The highest BCUT2D eigenvalue weighted by molar-refractivity contribution is 9.10. The minimum absolute atomic E-state index is 0.0154. The third-order valence-electron chi connectivity index (χ3n) is 4.05. The van der Waals surface area contributed by atoms with E-state index in [0.717, 1.165) is 28.3 Å². The number of hydrogen-bond acceptors (Lipinski definition) is 3. The topological polar surface area (TPSA) is 32.8 Å². The molecule has 0 saturated carbocycles. The number of anilines is 1. The van der Waals surface area contributed by atoms with Crippen LogP contribution in [0.2, 0.25) is 10.0 Å². The lowest BCUT2D eigenvalue weighted by molar-refractivity contribution is -0.133. The summed E-state index contributed by atoms with van der Waals surface area (Å²) in [6.45, 7) is 2.83. The minimum atomic E-state index is -0.0373. The van der Waals surface area contributed by atoms with Gasteiger partial charge in [-0.15, -0.1) is 0 Å². The van der Waals surface area contributed by atoms with Gasteiger partial charge in [0.05, 0.1) is 5.02 Å². The van der Waals surface area contributed by atoms with Crippen LogP contribution in [0.5, 0.6) is 5.75 Å². The van der Waals surface area contributed by atoms with Crippen LogP contribution >= 0.6 is 39.1 Å². The first-order valence-corrected chi connectivity index (χ1v) is 9.44. The molecule has 1 fully saturated rings. The van der Waals surface area contributed by atoms with E-state index >= 15 is 0 Å². The molecule has 1 aliphatic heterocycles. The third kappa shape index (κ3) is 4.81. The Morgan fingerprint density at radius 3 is 2.52 bits per heavy atom. The first-order chi connectivity index (χ1) is 12.0. The third-order valence-corrected chi connectivity index (χ3v) is 5.07. The smallest absolute Gasteiger partial charge is 0.260 e. The number of benzene rings is 2. The van der Waals surface area contributed by atoms with Crippen molar-refractivity contribution in [3.8, 4) is 5.75 Å². The second kappa shape index (κ2) is 8.30. The molecular formula is C18H17BrCl2N2O2. The van der Waals surface area contributed by atoms with Gasteiger partial charge in [0, 0.05) is 41.4 Å². The Morgan fingerprint density at radius 2 is 1.84 bits per heavy atom. The maximum absolute atomic E-state index is 12.4. The van der Waals surface area contributed by atoms with Gasteiger partial charge < -0.3 is 14.5 Å². The van der Waals surface area contributed by atoms with E-state index in [0.29, 0.717) is 23.9 Å².